The molecule has 0 radical (unpaired) electrons. The number of nitro groups is 1. The number of aromatic nitrogens is 1. The van der Waals surface area contributed by atoms with Crippen molar-refractivity contribution in [3.05, 3.63) is 63.1 Å². The number of ether oxygens (including phenoxy) is 1. The van der Waals surface area contributed by atoms with Crippen molar-refractivity contribution < 1.29 is 9.66 Å². The van der Waals surface area contributed by atoms with E-state index >= 15 is 0 Å². The summed E-state index contributed by atoms with van der Waals surface area (Å²) in [5.41, 5.74) is -0.222. The summed E-state index contributed by atoms with van der Waals surface area (Å²) >= 11 is 0. The van der Waals surface area contributed by atoms with Crippen molar-refractivity contribution in [2.75, 3.05) is 0 Å². The van der Waals surface area contributed by atoms with Crippen LogP contribution in [0.5, 0.6) is 11.5 Å². The molecule has 86 valence electrons. The van der Waals surface area contributed by atoms with Crippen LogP contribution in [0.1, 0.15) is 0 Å². The summed E-state index contributed by atoms with van der Waals surface area (Å²) in [5.74, 6) is 0.918. The fraction of sp³-hybridized carbons (Fsp3) is 0. The van der Waals surface area contributed by atoms with Gasteiger partial charge in [-0.05, 0) is 18.2 Å². The molecule has 0 saturated carbocycles. The Morgan fingerprint density at radius 1 is 1.06 bits per heavy atom. The smallest absolute Gasteiger partial charge is 0.269 e. The van der Waals surface area contributed by atoms with E-state index < -0.39 is 4.92 Å². The molecule has 17 heavy (non-hydrogen) atoms. The van der Waals surface area contributed by atoms with E-state index in [1.807, 2.05) is 0 Å². The van der Waals surface area contributed by atoms with E-state index in [0.29, 0.717) is 11.5 Å². The van der Waals surface area contributed by atoms with Gasteiger partial charge in [-0.25, -0.2) is 0 Å². The molecule has 0 atom stereocenters. The molecule has 1 N–H and O–H groups in total. The Hall–Kier alpha value is -2.63. The van der Waals surface area contributed by atoms with Crippen LogP contribution in [0.3, 0.4) is 0 Å². The Labute approximate surface area is 95.6 Å². The Balaban J connectivity index is 2.16. The lowest BCUT2D eigenvalue weighted by molar-refractivity contribution is -0.384. The minimum atomic E-state index is -0.482. The van der Waals surface area contributed by atoms with Gasteiger partial charge in [0.25, 0.3) is 5.69 Å². The highest BCUT2D eigenvalue weighted by Crippen LogP contribution is 2.22. The number of hydrogen-bond acceptors (Lipinski definition) is 4. The molecule has 6 heteroatoms. The van der Waals surface area contributed by atoms with Gasteiger partial charge in [0.2, 0.25) is 5.56 Å². The Morgan fingerprint density at radius 2 is 1.71 bits per heavy atom. The normalized spacial score (nSPS) is 9.88. The van der Waals surface area contributed by atoms with Crippen LogP contribution in [0, 0.1) is 10.1 Å². The van der Waals surface area contributed by atoms with Gasteiger partial charge in [0.15, 0.2) is 0 Å². The third kappa shape index (κ3) is 2.69. The van der Waals surface area contributed by atoms with Crippen molar-refractivity contribution in [1.29, 1.82) is 0 Å². The molecule has 0 fully saturated rings. The van der Waals surface area contributed by atoms with Gasteiger partial charge in [-0.3, -0.25) is 14.9 Å². The van der Waals surface area contributed by atoms with Crippen molar-refractivity contribution in [2.45, 2.75) is 0 Å². The van der Waals surface area contributed by atoms with Crippen LogP contribution in [0.4, 0.5) is 5.69 Å². The van der Waals surface area contributed by atoms with Gasteiger partial charge in [0, 0.05) is 24.4 Å². The first-order valence-corrected chi connectivity index (χ1v) is 4.76. The lowest BCUT2D eigenvalue weighted by atomic mass is 10.3. The molecule has 2 aromatic rings. The number of hydrogen-bond donors (Lipinski definition) is 1. The third-order valence-electron chi connectivity index (χ3n) is 2.04. The number of nitrogens with zero attached hydrogens (tertiary/aromatic N) is 1. The van der Waals surface area contributed by atoms with Crippen molar-refractivity contribution >= 4 is 5.69 Å². The highest BCUT2D eigenvalue weighted by atomic mass is 16.6. The molecular weight excluding hydrogens is 224 g/mol. The standard InChI is InChI=1S/C11H8N2O4/c14-11-6-5-10(7-12-11)17-9-3-1-8(2-4-9)13(15)16/h1-7H,(H,12,14). The molecular formula is C11H8N2O4. The molecule has 1 aromatic carbocycles. The number of nitrogens with one attached hydrogen (secondary N) is 1. The van der Waals surface area contributed by atoms with Gasteiger partial charge in [-0.2, -0.15) is 0 Å². The van der Waals surface area contributed by atoms with Crippen molar-refractivity contribution in [3.63, 3.8) is 0 Å². The summed E-state index contributed by atoms with van der Waals surface area (Å²) in [4.78, 5) is 23.2. The maximum absolute atomic E-state index is 10.8. The number of rotatable bonds is 3. The number of nitro benzene ring substituents is 1. The minimum absolute atomic E-state index is 0.00109. The third-order valence-corrected chi connectivity index (χ3v) is 2.04. The van der Waals surface area contributed by atoms with E-state index in [1.54, 1.807) is 0 Å². The van der Waals surface area contributed by atoms with E-state index in [-0.39, 0.29) is 11.2 Å². The Morgan fingerprint density at radius 3 is 2.24 bits per heavy atom. The van der Waals surface area contributed by atoms with Gasteiger partial charge in [-0.1, -0.05) is 0 Å². The van der Waals surface area contributed by atoms with Crippen molar-refractivity contribution in [1.82, 2.24) is 4.98 Å². The molecule has 1 aromatic heterocycles. The first-order chi connectivity index (χ1) is 8.15. The van der Waals surface area contributed by atoms with Gasteiger partial charge in [0.05, 0.1) is 4.92 Å². The molecule has 1 heterocycles. The molecule has 0 saturated heterocycles. The lowest BCUT2D eigenvalue weighted by Gasteiger charge is -2.03. The second kappa shape index (κ2) is 4.48. The monoisotopic (exact) mass is 232 g/mol. The second-order valence-electron chi connectivity index (χ2n) is 3.24. The molecule has 2 rings (SSSR count). The Kier molecular flexibility index (Phi) is 2.87. The summed E-state index contributed by atoms with van der Waals surface area (Å²) < 4.78 is 5.38. The van der Waals surface area contributed by atoms with Crippen LogP contribution in [-0.2, 0) is 0 Å². The summed E-state index contributed by atoms with van der Waals surface area (Å²) in [5, 5.41) is 10.4. The molecule has 0 aliphatic carbocycles. The molecule has 0 aliphatic heterocycles. The van der Waals surface area contributed by atoms with E-state index in [9.17, 15) is 14.9 Å². The number of aromatic amines is 1. The van der Waals surface area contributed by atoms with Gasteiger partial charge >= 0.3 is 0 Å². The van der Waals surface area contributed by atoms with E-state index in [1.165, 1.54) is 42.6 Å². The fourth-order valence-corrected chi connectivity index (χ4v) is 1.23. The average molecular weight is 232 g/mol. The van der Waals surface area contributed by atoms with Crippen LogP contribution >= 0.6 is 0 Å². The second-order valence-corrected chi connectivity index (χ2v) is 3.24. The maximum Gasteiger partial charge on any atom is 0.269 e. The van der Waals surface area contributed by atoms with Crippen molar-refractivity contribution in [2.24, 2.45) is 0 Å². The predicted molar refractivity (Wildman–Crippen MR) is 60.2 cm³/mol. The average Bonchev–Trinajstić information content (AvgIpc) is 2.33. The topological polar surface area (TPSA) is 85.2 Å². The maximum atomic E-state index is 10.8. The number of non-ortho nitro benzene ring substituents is 1. The van der Waals surface area contributed by atoms with Gasteiger partial charge < -0.3 is 9.72 Å². The molecule has 0 aliphatic rings. The summed E-state index contributed by atoms with van der Waals surface area (Å²) in [6.45, 7) is 0. The number of H-pyrrole nitrogens is 1. The predicted octanol–water partition coefficient (Wildman–Crippen LogP) is 2.08. The van der Waals surface area contributed by atoms with Crippen LogP contribution in [0.2, 0.25) is 0 Å². The van der Waals surface area contributed by atoms with Crippen molar-refractivity contribution in [3.8, 4) is 11.5 Å². The highest BCUT2D eigenvalue weighted by Gasteiger charge is 2.04. The number of benzene rings is 1. The van der Waals surface area contributed by atoms with Crippen LogP contribution in [-0.4, -0.2) is 9.91 Å². The molecule has 6 nitrogen and oxygen atoms in total. The van der Waals surface area contributed by atoms with Crippen LogP contribution in [0.25, 0.3) is 0 Å². The molecule has 0 unspecified atom stereocenters. The van der Waals surface area contributed by atoms with Gasteiger partial charge in [-0.15, -0.1) is 0 Å². The first kappa shape index (κ1) is 10.9. The van der Waals surface area contributed by atoms with Crippen LogP contribution in [0.15, 0.2) is 47.4 Å². The first-order valence-electron chi connectivity index (χ1n) is 4.76. The summed E-state index contributed by atoms with van der Waals surface area (Å²) in [7, 11) is 0. The fourth-order valence-electron chi connectivity index (χ4n) is 1.23. The van der Waals surface area contributed by atoms with E-state index in [4.69, 9.17) is 4.74 Å². The zero-order valence-electron chi connectivity index (χ0n) is 8.62. The lowest BCUT2D eigenvalue weighted by Crippen LogP contribution is -2.01. The SMILES string of the molecule is O=c1ccc(Oc2ccc([N+](=O)[O-])cc2)c[nH]1. The Bertz CT molecular complexity index is 569. The molecule has 0 bridgehead atoms. The number of pyridine rings is 1. The zero-order chi connectivity index (χ0) is 12.3. The van der Waals surface area contributed by atoms with E-state index in [0.717, 1.165) is 0 Å². The zero-order valence-corrected chi connectivity index (χ0v) is 8.62. The van der Waals surface area contributed by atoms with Gasteiger partial charge in [0.1, 0.15) is 11.5 Å². The van der Waals surface area contributed by atoms with Crippen LogP contribution < -0.4 is 10.3 Å². The summed E-state index contributed by atoms with van der Waals surface area (Å²) in [6.07, 6.45) is 1.42. The van der Waals surface area contributed by atoms with E-state index in [2.05, 4.69) is 4.98 Å². The highest BCUT2D eigenvalue weighted by molar-refractivity contribution is 5.38. The summed E-state index contributed by atoms with van der Waals surface area (Å²) in [6, 6.07) is 8.52. The minimum Gasteiger partial charge on any atom is -0.456 e. The largest absolute Gasteiger partial charge is 0.456 e. The quantitative estimate of drug-likeness (QED) is 0.648. The molecule has 0 spiro atoms. The molecule has 0 amide bonds.